The number of phenolic OH excluding ortho intramolecular Hbond substituents is 1. The number of rotatable bonds is 6. The molecule has 2 aromatic rings. The number of benzene rings is 2. The lowest BCUT2D eigenvalue weighted by atomic mass is 10.0. The number of amides is 1. The molecule has 1 amide bonds. The first kappa shape index (κ1) is 17.9. The second kappa shape index (κ2) is 7.92. The fourth-order valence-electron chi connectivity index (χ4n) is 2.48. The van der Waals surface area contributed by atoms with Crippen LogP contribution in [0.5, 0.6) is 5.75 Å². The number of hydrogen-bond donors (Lipinski definition) is 4. The van der Waals surface area contributed by atoms with Crippen molar-refractivity contribution in [1.29, 1.82) is 0 Å². The molecule has 0 aromatic heterocycles. The van der Waals surface area contributed by atoms with Gasteiger partial charge in [0.15, 0.2) is 0 Å². The Hall–Kier alpha value is -2.41. The number of likely N-dealkylation sites (N-methyl/N-ethyl adjacent to an activating group) is 2. The number of carbonyl (C=O) groups is 1. The number of phenols is 1. The summed E-state index contributed by atoms with van der Waals surface area (Å²) < 4.78 is 0. The normalized spacial score (nSPS) is 13.3. The third kappa shape index (κ3) is 3.91. The van der Waals surface area contributed by atoms with Gasteiger partial charge in [0.05, 0.1) is 6.04 Å². The van der Waals surface area contributed by atoms with E-state index in [2.05, 4.69) is 10.8 Å². The van der Waals surface area contributed by atoms with Crippen LogP contribution in [0.15, 0.2) is 48.5 Å². The van der Waals surface area contributed by atoms with E-state index in [1.165, 1.54) is 0 Å². The summed E-state index contributed by atoms with van der Waals surface area (Å²) >= 11 is 0. The van der Waals surface area contributed by atoms with Crippen LogP contribution in [0, 0.1) is 0 Å². The van der Waals surface area contributed by atoms with Crippen molar-refractivity contribution in [3.05, 3.63) is 54.1 Å². The van der Waals surface area contributed by atoms with E-state index >= 15 is 0 Å². The van der Waals surface area contributed by atoms with Crippen molar-refractivity contribution in [2.75, 3.05) is 14.1 Å². The van der Waals surface area contributed by atoms with E-state index in [4.69, 9.17) is 5.21 Å². The van der Waals surface area contributed by atoms with Crippen LogP contribution in [0.4, 0.5) is 0 Å². The molecule has 2 unspecified atom stereocenters. The van der Waals surface area contributed by atoms with Gasteiger partial charge in [-0.25, -0.2) is 0 Å². The van der Waals surface area contributed by atoms with E-state index in [1.807, 2.05) is 31.2 Å². The summed E-state index contributed by atoms with van der Waals surface area (Å²) in [4.78, 5) is 14.1. The molecule has 2 atom stereocenters. The van der Waals surface area contributed by atoms with Gasteiger partial charge in [0.25, 0.3) is 5.91 Å². The van der Waals surface area contributed by atoms with E-state index in [-0.39, 0.29) is 17.7 Å². The van der Waals surface area contributed by atoms with Crippen LogP contribution >= 0.6 is 0 Å². The summed E-state index contributed by atoms with van der Waals surface area (Å²) in [6.45, 7) is 1.84. The van der Waals surface area contributed by atoms with Crippen LogP contribution in [0.3, 0.4) is 0 Å². The minimum atomic E-state index is -0.421. The zero-order valence-corrected chi connectivity index (χ0v) is 14.0. The number of carbonyl (C=O) groups excluding carboxylic acids is 1. The molecule has 128 valence electrons. The van der Waals surface area contributed by atoms with Gasteiger partial charge >= 0.3 is 0 Å². The van der Waals surface area contributed by atoms with E-state index < -0.39 is 6.17 Å². The topological polar surface area (TPSA) is 84.8 Å². The van der Waals surface area contributed by atoms with E-state index in [1.54, 1.807) is 43.3 Å². The predicted molar refractivity (Wildman–Crippen MR) is 92.9 cm³/mol. The van der Waals surface area contributed by atoms with Crippen LogP contribution in [0.2, 0.25) is 0 Å². The van der Waals surface area contributed by atoms with Gasteiger partial charge in [-0.15, -0.1) is 0 Å². The maximum absolute atomic E-state index is 12.6. The molecule has 0 saturated carbocycles. The largest absolute Gasteiger partial charge is 0.508 e. The van der Waals surface area contributed by atoms with Gasteiger partial charge in [0.2, 0.25) is 0 Å². The summed E-state index contributed by atoms with van der Waals surface area (Å²) in [5.74, 6) is 0.0907. The van der Waals surface area contributed by atoms with Crippen LogP contribution in [-0.2, 0) is 0 Å². The van der Waals surface area contributed by atoms with Crippen molar-refractivity contribution in [2.24, 2.45) is 0 Å². The molecule has 0 saturated heterocycles. The predicted octanol–water partition coefficient (Wildman–Crippen LogP) is 2.04. The maximum atomic E-state index is 12.6. The average molecular weight is 329 g/mol. The molecular formula is C18H23N3O3. The van der Waals surface area contributed by atoms with Crippen LogP contribution in [0.25, 0.3) is 11.1 Å². The third-order valence-corrected chi connectivity index (χ3v) is 4.20. The molecule has 0 radical (unpaired) electrons. The Morgan fingerprint density at radius 2 is 1.54 bits per heavy atom. The second-order valence-electron chi connectivity index (χ2n) is 5.68. The Balaban J connectivity index is 2.14. The quantitative estimate of drug-likeness (QED) is 0.481. The standard InChI is InChI=1S/C18H23N3O3/c1-12(17(19-2)20-24)21(3)18(23)15-6-4-13(5-7-15)14-8-10-16(22)11-9-14/h4-12,17,19-20,22,24H,1-3H3. The SMILES string of the molecule is CNC(NO)C(C)N(C)C(=O)c1ccc(-c2ccc(O)cc2)cc1. The molecule has 0 heterocycles. The number of nitrogens with zero attached hydrogens (tertiary/aromatic N) is 1. The first-order chi connectivity index (χ1) is 11.5. The molecule has 0 aliphatic carbocycles. The van der Waals surface area contributed by atoms with E-state index in [0.29, 0.717) is 5.56 Å². The zero-order chi connectivity index (χ0) is 17.7. The minimum Gasteiger partial charge on any atom is -0.508 e. The highest BCUT2D eigenvalue weighted by molar-refractivity contribution is 5.94. The van der Waals surface area contributed by atoms with Crippen LogP contribution in [0.1, 0.15) is 17.3 Å². The summed E-state index contributed by atoms with van der Waals surface area (Å²) in [6.07, 6.45) is -0.421. The highest BCUT2D eigenvalue weighted by Gasteiger charge is 2.23. The van der Waals surface area contributed by atoms with Gasteiger partial charge < -0.3 is 20.5 Å². The molecule has 4 N–H and O–H groups in total. The van der Waals surface area contributed by atoms with E-state index in [0.717, 1.165) is 11.1 Å². The Morgan fingerprint density at radius 3 is 2.00 bits per heavy atom. The van der Waals surface area contributed by atoms with Crippen molar-refractivity contribution >= 4 is 5.91 Å². The molecule has 0 aliphatic heterocycles. The van der Waals surface area contributed by atoms with E-state index in [9.17, 15) is 9.90 Å². The highest BCUT2D eigenvalue weighted by atomic mass is 16.5. The lowest BCUT2D eigenvalue weighted by molar-refractivity contribution is 0.0493. The molecule has 0 spiro atoms. The first-order valence-corrected chi connectivity index (χ1v) is 7.71. The van der Waals surface area contributed by atoms with Gasteiger partial charge in [-0.1, -0.05) is 24.3 Å². The van der Waals surface area contributed by atoms with Crippen molar-refractivity contribution in [3.8, 4) is 16.9 Å². The number of hydroxylamine groups is 1. The lowest BCUT2D eigenvalue weighted by Gasteiger charge is -2.31. The summed E-state index contributed by atoms with van der Waals surface area (Å²) in [5, 5.41) is 21.4. The Bertz CT molecular complexity index is 667. The third-order valence-electron chi connectivity index (χ3n) is 4.20. The van der Waals surface area contributed by atoms with Crippen molar-refractivity contribution in [3.63, 3.8) is 0 Å². The lowest BCUT2D eigenvalue weighted by Crippen LogP contribution is -2.54. The number of nitrogens with one attached hydrogen (secondary N) is 2. The summed E-state index contributed by atoms with van der Waals surface area (Å²) in [5.41, 5.74) is 4.65. The molecule has 24 heavy (non-hydrogen) atoms. The molecule has 2 aromatic carbocycles. The Labute approximate surface area is 141 Å². The highest BCUT2D eigenvalue weighted by Crippen LogP contribution is 2.22. The average Bonchev–Trinajstić information content (AvgIpc) is 2.62. The van der Waals surface area contributed by atoms with Gasteiger partial charge in [0, 0.05) is 12.6 Å². The van der Waals surface area contributed by atoms with Gasteiger partial charge in [-0.3, -0.25) is 4.79 Å². The second-order valence-corrected chi connectivity index (χ2v) is 5.68. The summed E-state index contributed by atoms with van der Waals surface area (Å²) in [6, 6.07) is 14.0. The molecule has 6 nitrogen and oxygen atoms in total. The van der Waals surface area contributed by atoms with Crippen molar-refractivity contribution < 1.29 is 15.1 Å². The fourth-order valence-corrected chi connectivity index (χ4v) is 2.48. The molecule has 0 bridgehead atoms. The van der Waals surface area contributed by atoms with Gasteiger partial charge in [-0.2, -0.15) is 5.48 Å². The van der Waals surface area contributed by atoms with Crippen LogP contribution in [-0.4, -0.2) is 47.4 Å². The van der Waals surface area contributed by atoms with Gasteiger partial charge in [0.1, 0.15) is 11.9 Å². The Kier molecular flexibility index (Phi) is 5.92. The molecule has 0 aliphatic rings. The van der Waals surface area contributed by atoms with Crippen molar-refractivity contribution in [1.82, 2.24) is 15.7 Å². The number of aromatic hydroxyl groups is 1. The first-order valence-electron chi connectivity index (χ1n) is 7.71. The molecule has 0 fully saturated rings. The fraction of sp³-hybridized carbons (Fsp3) is 0.278. The smallest absolute Gasteiger partial charge is 0.253 e. The summed E-state index contributed by atoms with van der Waals surface area (Å²) in [7, 11) is 3.40. The Morgan fingerprint density at radius 1 is 1.04 bits per heavy atom. The molecule has 6 heteroatoms. The maximum Gasteiger partial charge on any atom is 0.253 e. The molecule has 2 rings (SSSR count). The monoisotopic (exact) mass is 329 g/mol. The minimum absolute atomic E-state index is 0.129. The zero-order valence-electron chi connectivity index (χ0n) is 14.0. The number of hydrogen-bond acceptors (Lipinski definition) is 5. The molecular weight excluding hydrogens is 306 g/mol. The van der Waals surface area contributed by atoms with Gasteiger partial charge in [-0.05, 0) is 49.4 Å². The van der Waals surface area contributed by atoms with Crippen LogP contribution < -0.4 is 10.8 Å². The van der Waals surface area contributed by atoms with Crippen molar-refractivity contribution in [2.45, 2.75) is 19.1 Å².